The van der Waals surface area contributed by atoms with E-state index in [9.17, 15) is 0 Å². The Bertz CT molecular complexity index is 331. The van der Waals surface area contributed by atoms with Gasteiger partial charge in [0.05, 0.1) is 16.1 Å². The Labute approximate surface area is 102 Å². The molecule has 0 saturated heterocycles. The molecule has 0 heterocycles. The van der Waals surface area contributed by atoms with E-state index in [1.807, 2.05) is 0 Å². The topological polar surface area (TPSA) is 0 Å². The van der Waals surface area contributed by atoms with Gasteiger partial charge < -0.3 is 0 Å². The summed E-state index contributed by atoms with van der Waals surface area (Å²) in [6, 6.07) is 0. The van der Waals surface area contributed by atoms with Gasteiger partial charge >= 0.3 is 0 Å². The molecule has 1 aliphatic rings. The number of hydrogen-bond donors (Lipinski definition) is 0. The van der Waals surface area contributed by atoms with Gasteiger partial charge in [0, 0.05) is 0 Å². The highest BCUT2D eigenvalue weighted by molar-refractivity contribution is 6.84. The van der Waals surface area contributed by atoms with Crippen LogP contribution in [0.15, 0.2) is 46.8 Å². The first kappa shape index (κ1) is 13.5. The van der Waals surface area contributed by atoms with Crippen molar-refractivity contribution in [3.63, 3.8) is 0 Å². The highest BCUT2D eigenvalue weighted by Gasteiger charge is 2.19. The van der Waals surface area contributed by atoms with Crippen LogP contribution in [0.25, 0.3) is 0 Å². The summed E-state index contributed by atoms with van der Waals surface area (Å²) in [4.78, 5) is 0. The summed E-state index contributed by atoms with van der Waals surface area (Å²) in [7, 11) is -2.38. The van der Waals surface area contributed by atoms with Crippen LogP contribution in [0.1, 0.15) is 0 Å². The molecule has 0 aromatic heterocycles. The zero-order valence-electron chi connectivity index (χ0n) is 11.5. The molecule has 0 aromatic carbocycles. The standard InChI is InChI=1S/C14H24Si2/c1-15(2,3)13-9-7-8-10-14(12-11-13)16(4,5)6/h7-12H,1-6H3. The van der Waals surface area contributed by atoms with E-state index in [0.717, 1.165) is 0 Å². The van der Waals surface area contributed by atoms with Crippen LogP contribution >= 0.6 is 0 Å². The SMILES string of the molecule is C[Si](C)(C)C1=CC=C([Si](C)(C)C)C=CC=C1. The summed E-state index contributed by atoms with van der Waals surface area (Å²) in [5, 5.41) is 3.07. The number of hydrogen-bond acceptors (Lipinski definition) is 0. The van der Waals surface area contributed by atoms with Crippen LogP contribution in [0.4, 0.5) is 0 Å². The smallest absolute Gasteiger partial charge is 0.0656 e. The van der Waals surface area contributed by atoms with Crippen molar-refractivity contribution in [1.82, 2.24) is 0 Å². The molecule has 0 amide bonds. The second-order valence-electron chi connectivity index (χ2n) is 6.46. The molecule has 0 unspecified atom stereocenters. The van der Waals surface area contributed by atoms with Crippen molar-refractivity contribution in [3.8, 4) is 0 Å². The van der Waals surface area contributed by atoms with E-state index in [2.05, 4.69) is 75.7 Å². The Kier molecular flexibility index (Phi) is 3.97. The molecule has 0 nitrogen and oxygen atoms in total. The summed E-state index contributed by atoms with van der Waals surface area (Å²) >= 11 is 0. The highest BCUT2D eigenvalue weighted by atomic mass is 28.3. The van der Waals surface area contributed by atoms with Gasteiger partial charge in [-0.15, -0.1) is 0 Å². The van der Waals surface area contributed by atoms with E-state index in [0.29, 0.717) is 0 Å². The van der Waals surface area contributed by atoms with Gasteiger partial charge in [-0.05, 0) is 0 Å². The molecule has 0 bridgehead atoms. The maximum absolute atomic E-state index is 2.40. The summed E-state index contributed by atoms with van der Waals surface area (Å²) < 4.78 is 0. The zero-order chi connectivity index (χ0) is 12.4. The first-order chi connectivity index (χ1) is 7.21. The Hall–Kier alpha value is -0.606. The van der Waals surface area contributed by atoms with Crippen molar-refractivity contribution in [1.29, 1.82) is 0 Å². The fourth-order valence-electron chi connectivity index (χ4n) is 1.61. The molecule has 0 saturated carbocycles. The van der Waals surface area contributed by atoms with Crippen LogP contribution < -0.4 is 0 Å². The van der Waals surface area contributed by atoms with Crippen LogP contribution in [-0.2, 0) is 0 Å². The van der Waals surface area contributed by atoms with Crippen molar-refractivity contribution in [3.05, 3.63) is 46.8 Å². The van der Waals surface area contributed by atoms with Crippen molar-refractivity contribution < 1.29 is 0 Å². The van der Waals surface area contributed by atoms with Gasteiger partial charge in [0.25, 0.3) is 0 Å². The van der Waals surface area contributed by atoms with E-state index < -0.39 is 16.1 Å². The van der Waals surface area contributed by atoms with E-state index in [1.165, 1.54) is 10.4 Å². The Balaban J connectivity index is 3.11. The summed E-state index contributed by atoms with van der Waals surface area (Å²) in [6.07, 6.45) is 13.6. The predicted molar refractivity (Wildman–Crippen MR) is 81.1 cm³/mol. The third-order valence-electron chi connectivity index (χ3n) is 2.84. The van der Waals surface area contributed by atoms with Crippen LogP contribution in [0.2, 0.25) is 39.3 Å². The van der Waals surface area contributed by atoms with Crippen LogP contribution in [-0.4, -0.2) is 16.1 Å². The lowest BCUT2D eigenvalue weighted by molar-refractivity contribution is 1.58. The third kappa shape index (κ3) is 3.76. The Morgan fingerprint density at radius 3 is 1.19 bits per heavy atom. The molecule has 2 heteroatoms. The van der Waals surface area contributed by atoms with Gasteiger partial charge in [-0.2, -0.15) is 0 Å². The first-order valence-corrected chi connectivity index (χ1v) is 13.0. The van der Waals surface area contributed by atoms with E-state index >= 15 is 0 Å². The normalized spacial score (nSPS) is 17.6. The average molecular weight is 249 g/mol. The van der Waals surface area contributed by atoms with E-state index in [4.69, 9.17) is 0 Å². The van der Waals surface area contributed by atoms with E-state index in [-0.39, 0.29) is 0 Å². The monoisotopic (exact) mass is 248 g/mol. The van der Waals surface area contributed by atoms with Crippen LogP contribution in [0.3, 0.4) is 0 Å². The van der Waals surface area contributed by atoms with Gasteiger partial charge in [-0.3, -0.25) is 0 Å². The van der Waals surface area contributed by atoms with Crippen molar-refractivity contribution in [2.24, 2.45) is 0 Å². The van der Waals surface area contributed by atoms with Crippen molar-refractivity contribution >= 4 is 16.1 Å². The average Bonchev–Trinajstić information content (AvgIpc) is 1.96. The third-order valence-corrected chi connectivity index (χ3v) is 6.97. The second-order valence-corrected chi connectivity index (χ2v) is 16.6. The molecular weight excluding hydrogens is 224 g/mol. The first-order valence-electron chi connectivity index (χ1n) is 5.99. The molecule has 0 fully saturated rings. The predicted octanol–water partition coefficient (Wildman–Crippen LogP) is 4.72. The lowest BCUT2D eigenvalue weighted by Crippen LogP contribution is -2.24. The minimum absolute atomic E-state index is 1.19. The molecule has 0 aliphatic heterocycles. The van der Waals surface area contributed by atoms with Gasteiger partial charge in [-0.1, -0.05) is 86.1 Å². The molecule has 1 rings (SSSR count). The van der Waals surface area contributed by atoms with E-state index in [1.54, 1.807) is 0 Å². The summed E-state index contributed by atoms with van der Waals surface area (Å²) in [5.74, 6) is 0. The molecular formula is C14H24Si2. The van der Waals surface area contributed by atoms with Gasteiger partial charge in [-0.25, -0.2) is 0 Å². The molecule has 0 aromatic rings. The van der Waals surface area contributed by atoms with Crippen LogP contribution in [0.5, 0.6) is 0 Å². The number of rotatable bonds is 2. The highest BCUT2D eigenvalue weighted by Crippen LogP contribution is 2.21. The molecule has 0 N–H and O–H groups in total. The molecule has 0 radical (unpaired) electrons. The molecule has 0 atom stereocenters. The molecule has 16 heavy (non-hydrogen) atoms. The van der Waals surface area contributed by atoms with Crippen molar-refractivity contribution in [2.45, 2.75) is 39.3 Å². The largest absolute Gasteiger partial charge is 0.0775 e. The fourth-order valence-corrected chi connectivity index (χ4v) is 3.97. The molecule has 0 spiro atoms. The summed E-state index contributed by atoms with van der Waals surface area (Å²) in [6.45, 7) is 14.4. The Morgan fingerprint density at radius 2 is 0.938 bits per heavy atom. The second kappa shape index (κ2) is 4.72. The fraction of sp³-hybridized carbons (Fsp3) is 0.429. The lowest BCUT2D eigenvalue weighted by Gasteiger charge is -2.21. The zero-order valence-corrected chi connectivity index (χ0v) is 13.5. The van der Waals surface area contributed by atoms with Crippen LogP contribution in [0, 0.1) is 0 Å². The molecule has 88 valence electrons. The van der Waals surface area contributed by atoms with Gasteiger partial charge in [0.1, 0.15) is 0 Å². The minimum Gasteiger partial charge on any atom is -0.0656 e. The van der Waals surface area contributed by atoms with Crippen molar-refractivity contribution in [2.75, 3.05) is 0 Å². The lowest BCUT2D eigenvalue weighted by atomic mass is 10.3. The number of allylic oxidation sites excluding steroid dienone is 8. The Morgan fingerprint density at radius 1 is 0.625 bits per heavy atom. The molecule has 1 aliphatic carbocycles. The minimum atomic E-state index is -1.19. The maximum atomic E-state index is 2.40. The quantitative estimate of drug-likeness (QED) is 0.620. The summed E-state index contributed by atoms with van der Waals surface area (Å²) in [5.41, 5.74) is 0. The van der Waals surface area contributed by atoms with Gasteiger partial charge in [0.2, 0.25) is 0 Å². The van der Waals surface area contributed by atoms with Gasteiger partial charge in [0.15, 0.2) is 0 Å². The maximum Gasteiger partial charge on any atom is 0.0775 e.